The number of nitrogens with zero attached hydrogens (tertiary/aromatic N) is 1. The molecule has 0 aromatic rings. The normalized spacial score (nSPS) is 19.8. The molecule has 0 spiro atoms. The van der Waals surface area contributed by atoms with E-state index in [1.807, 2.05) is 0 Å². The molecule has 3 nitrogen and oxygen atoms in total. The minimum absolute atomic E-state index is 0. The molecule has 1 aliphatic heterocycles. The van der Waals surface area contributed by atoms with Crippen molar-refractivity contribution in [2.24, 2.45) is 5.92 Å². The molecular formula is C9H19NO2. The summed E-state index contributed by atoms with van der Waals surface area (Å²) in [5, 5.41) is 0. The van der Waals surface area contributed by atoms with Gasteiger partial charge in [-0.3, -0.25) is 0 Å². The van der Waals surface area contributed by atoms with Crippen molar-refractivity contribution in [3.63, 3.8) is 0 Å². The molecule has 1 saturated heterocycles. The number of likely N-dealkylation sites (tertiary alicyclic amines) is 1. The summed E-state index contributed by atoms with van der Waals surface area (Å²) in [7, 11) is 3.87. The Hall–Kier alpha value is -0.540. The highest BCUT2D eigenvalue weighted by molar-refractivity contribution is 4.93. The van der Waals surface area contributed by atoms with Crippen LogP contribution >= 0.6 is 0 Å². The van der Waals surface area contributed by atoms with Gasteiger partial charge in [0.25, 0.3) is 0 Å². The van der Waals surface area contributed by atoms with E-state index >= 15 is 0 Å². The van der Waals surface area contributed by atoms with Crippen LogP contribution in [0.15, 0.2) is 12.3 Å². The van der Waals surface area contributed by atoms with Crippen molar-refractivity contribution in [1.29, 1.82) is 0 Å². The van der Waals surface area contributed by atoms with E-state index in [1.165, 1.54) is 25.9 Å². The van der Waals surface area contributed by atoms with Gasteiger partial charge in [-0.1, -0.05) is 6.58 Å². The van der Waals surface area contributed by atoms with Crippen LogP contribution in [0.25, 0.3) is 0 Å². The van der Waals surface area contributed by atoms with E-state index in [2.05, 4.69) is 18.5 Å². The monoisotopic (exact) mass is 173 g/mol. The van der Waals surface area contributed by atoms with Gasteiger partial charge >= 0.3 is 0 Å². The molecule has 72 valence electrons. The molecule has 3 heteroatoms. The third-order valence-electron chi connectivity index (χ3n) is 2.44. The van der Waals surface area contributed by atoms with Crippen LogP contribution in [0, 0.1) is 5.92 Å². The molecule has 0 unspecified atom stereocenters. The standard InChI is InChI=1S/C9H17NO.H2O/c1-8(11-3)9-4-6-10(2)7-5-9;/h9H,1,4-7H2,2-3H3;1H2. The lowest BCUT2D eigenvalue weighted by atomic mass is 9.96. The summed E-state index contributed by atoms with van der Waals surface area (Å²) in [5.74, 6) is 1.55. The maximum absolute atomic E-state index is 5.11. The Bertz CT molecular complexity index is 139. The molecule has 0 aliphatic carbocycles. The lowest BCUT2D eigenvalue weighted by molar-refractivity contribution is 0.173. The van der Waals surface area contributed by atoms with Crippen molar-refractivity contribution in [2.75, 3.05) is 27.2 Å². The zero-order valence-electron chi connectivity index (χ0n) is 7.97. The average molecular weight is 173 g/mol. The first kappa shape index (κ1) is 11.5. The van der Waals surface area contributed by atoms with Crippen LogP contribution in [0.2, 0.25) is 0 Å². The van der Waals surface area contributed by atoms with Crippen LogP contribution in [0.1, 0.15) is 12.8 Å². The molecule has 1 aliphatic rings. The maximum atomic E-state index is 5.11. The smallest absolute Gasteiger partial charge is 0.0915 e. The second-order valence-electron chi connectivity index (χ2n) is 3.25. The molecular weight excluding hydrogens is 154 g/mol. The van der Waals surface area contributed by atoms with E-state index in [0.29, 0.717) is 5.92 Å². The number of hydrogen-bond acceptors (Lipinski definition) is 2. The number of hydrogen-bond donors (Lipinski definition) is 0. The first-order chi connectivity index (χ1) is 5.24. The van der Waals surface area contributed by atoms with Crippen molar-refractivity contribution in [3.8, 4) is 0 Å². The van der Waals surface area contributed by atoms with Crippen LogP contribution in [0.3, 0.4) is 0 Å². The quantitative estimate of drug-likeness (QED) is 0.576. The third-order valence-corrected chi connectivity index (χ3v) is 2.44. The van der Waals surface area contributed by atoms with Gasteiger partial charge in [0.05, 0.1) is 12.9 Å². The highest BCUT2D eigenvalue weighted by Gasteiger charge is 2.19. The molecule has 0 aromatic carbocycles. The van der Waals surface area contributed by atoms with Gasteiger partial charge in [0.1, 0.15) is 0 Å². The minimum atomic E-state index is 0. The van der Waals surface area contributed by atoms with Crippen molar-refractivity contribution < 1.29 is 10.2 Å². The number of methoxy groups -OCH3 is 1. The summed E-state index contributed by atoms with van der Waals surface area (Å²) in [6.07, 6.45) is 2.40. The van der Waals surface area contributed by atoms with E-state index in [0.717, 1.165) is 5.76 Å². The van der Waals surface area contributed by atoms with Gasteiger partial charge in [-0.15, -0.1) is 0 Å². The van der Waals surface area contributed by atoms with Gasteiger partial charge in [-0.05, 0) is 33.0 Å². The summed E-state index contributed by atoms with van der Waals surface area (Å²) in [6.45, 7) is 6.23. The Morgan fingerprint density at radius 1 is 1.42 bits per heavy atom. The fraction of sp³-hybridized carbons (Fsp3) is 0.778. The largest absolute Gasteiger partial charge is 0.501 e. The zero-order chi connectivity index (χ0) is 8.27. The Labute approximate surface area is 74.3 Å². The van der Waals surface area contributed by atoms with Gasteiger partial charge < -0.3 is 15.1 Å². The van der Waals surface area contributed by atoms with Crippen LogP contribution in [0.4, 0.5) is 0 Å². The van der Waals surface area contributed by atoms with Gasteiger partial charge in [-0.2, -0.15) is 0 Å². The lowest BCUT2D eigenvalue weighted by Gasteiger charge is -2.29. The average Bonchev–Trinajstić information content (AvgIpc) is 2.05. The predicted molar refractivity (Wildman–Crippen MR) is 50.0 cm³/mol. The molecule has 0 saturated carbocycles. The van der Waals surface area contributed by atoms with Crippen LogP contribution < -0.4 is 0 Å². The summed E-state index contributed by atoms with van der Waals surface area (Å²) in [6, 6.07) is 0. The fourth-order valence-electron chi connectivity index (χ4n) is 1.50. The van der Waals surface area contributed by atoms with Crippen LogP contribution in [0.5, 0.6) is 0 Å². The van der Waals surface area contributed by atoms with Crippen LogP contribution in [-0.4, -0.2) is 37.6 Å². The molecule has 2 N–H and O–H groups in total. The Morgan fingerprint density at radius 3 is 2.33 bits per heavy atom. The van der Waals surface area contributed by atoms with Crippen molar-refractivity contribution in [3.05, 3.63) is 12.3 Å². The molecule has 0 amide bonds. The number of piperidine rings is 1. The highest BCUT2D eigenvalue weighted by atomic mass is 16.5. The van der Waals surface area contributed by atoms with E-state index < -0.39 is 0 Å². The van der Waals surface area contributed by atoms with E-state index in [-0.39, 0.29) is 5.48 Å². The minimum Gasteiger partial charge on any atom is -0.501 e. The van der Waals surface area contributed by atoms with E-state index in [4.69, 9.17) is 4.74 Å². The third kappa shape index (κ3) is 2.83. The molecule has 0 atom stereocenters. The van der Waals surface area contributed by atoms with Crippen molar-refractivity contribution >= 4 is 0 Å². The van der Waals surface area contributed by atoms with Crippen LogP contribution in [-0.2, 0) is 4.74 Å². The number of ether oxygens (including phenoxy) is 1. The molecule has 0 bridgehead atoms. The summed E-state index contributed by atoms with van der Waals surface area (Å²) >= 11 is 0. The SMILES string of the molecule is C=C(OC)C1CCN(C)CC1.O. The Kier molecular flexibility index (Phi) is 4.93. The Balaban J connectivity index is 0.00000121. The second kappa shape index (κ2) is 5.17. The van der Waals surface area contributed by atoms with Gasteiger partial charge in [0.2, 0.25) is 0 Å². The lowest BCUT2D eigenvalue weighted by Crippen LogP contribution is -2.30. The van der Waals surface area contributed by atoms with Gasteiger partial charge in [-0.25, -0.2) is 0 Å². The first-order valence-corrected chi connectivity index (χ1v) is 4.15. The molecule has 12 heavy (non-hydrogen) atoms. The molecule has 1 rings (SSSR count). The van der Waals surface area contributed by atoms with E-state index in [9.17, 15) is 0 Å². The van der Waals surface area contributed by atoms with E-state index in [1.54, 1.807) is 7.11 Å². The van der Waals surface area contributed by atoms with Crippen molar-refractivity contribution in [1.82, 2.24) is 4.90 Å². The molecule has 0 aromatic heterocycles. The second-order valence-corrected chi connectivity index (χ2v) is 3.25. The van der Waals surface area contributed by atoms with Gasteiger partial charge in [0.15, 0.2) is 0 Å². The first-order valence-electron chi connectivity index (χ1n) is 4.15. The predicted octanol–water partition coefficient (Wildman–Crippen LogP) is 0.664. The summed E-state index contributed by atoms with van der Waals surface area (Å²) < 4.78 is 5.11. The Morgan fingerprint density at radius 2 is 1.92 bits per heavy atom. The molecule has 1 heterocycles. The van der Waals surface area contributed by atoms with Gasteiger partial charge in [0, 0.05) is 5.92 Å². The number of rotatable bonds is 2. The fourth-order valence-corrected chi connectivity index (χ4v) is 1.50. The molecule has 0 radical (unpaired) electrons. The maximum Gasteiger partial charge on any atom is 0.0915 e. The molecule has 1 fully saturated rings. The highest BCUT2D eigenvalue weighted by Crippen LogP contribution is 2.22. The topological polar surface area (TPSA) is 44.0 Å². The van der Waals surface area contributed by atoms with Crippen molar-refractivity contribution in [2.45, 2.75) is 12.8 Å². The zero-order valence-corrected chi connectivity index (χ0v) is 7.97. The number of allylic oxidation sites excluding steroid dienone is 1. The summed E-state index contributed by atoms with van der Waals surface area (Å²) in [4.78, 5) is 2.35. The summed E-state index contributed by atoms with van der Waals surface area (Å²) in [5.41, 5.74) is 0.